The van der Waals surface area contributed by atoms with E-state index in [9.17, 15) is 9.18 Å². The molecule has 1 fully saturated rings. The van der Waals surface area contributed by atoms with Crippen LogP contribution >= 0.6 is 0 Å². The van der Waals surface area contributed by atoms with Crippen molar-refractivity contribution < 1.29 is 9.18 Å². The Kier molecular flexibility index (Phi) is 4.37. The van der Waals surface area contributed by atoms with E-state index in [1.165, 1.54) is 6.07 Å². The number of likely N-dealkylation sites (tertiary alicyclic amines) is 1. The van der Waals surface area contributed by atoms with Gasteiger partial charge in [0.15, 0.2) is 0 Å². The zero-order chi connectivity index (χ0) is 13.8. The van der Waals surface area contributed by atoms with E-state index in [-0.39, 0.29) is 17.9 Å². The predicted octanol–water partition coefficient (Wildman–Crippen LogP) is 2.02. The summed E-state index contributed by atoms with van der Waals surface area (Å²) in [5.41, 5.74) is 6.19. The van der Waals surface area contributed by atoms with E-state index >= 15 is 0 Å². The number of nitrogens with zero attached hydrogens (tertiary/aromatic N) is 1. The average Bonchev–Trinajstić information content (AvgIpc) is 2.39. The lowest BCUT2D eigenvalue weighted by Crippen LogP contribution is -2.47. The van der Waals surface area contributed by atoms with Gasteiger partial charge in [-0.15, -0.1) is 0 Å². The Labute approximate surface area is 112 Å². The van der Waals surface area contributed by atoms with E-state index < -0.39 is 0 Å². The number of rotatable bonds is 3. The Balaban J connectivity index is 1.87. The Bertz CT molecular complexity index is 444. The van der Waals surface area contributed by atoms with Gasteiger partial charge in [-0.3, -0.25) is 0 Å². The first-order chi connectivity index (χ1) is 9.06. The van der Waals surface area contributed by atoms with E-state index in [1.54, 1.807) is 17.0 Å². The van der Waals surface area contributed by atoms with Gasteiger partial charge >= 0.3 is 6.03 Å². The highest BCUT2D eigenvalue weighted by Crippen LogP contribution is 2.18. The summed E-state index contributed by atoms with van der Waals surface area (Å²) in [6, 6.07) is 6.72. The normalized spacial score (nSPS) is 18.3. The summed E-state index contributed by atoms with van der Waals surface area (Å²) in [6.45, 7) is 3.39. The summed E-state index contributed by atoms with van der Waals surface area (Å²) in [6.07, 6.45) is 1.76. The van der Waals surface area contributed by atoms with Gasteiger partial charge in [0.2, 0.25) is 0 Å². The van der Waals surface area contributed by atoms with Crippen LogP contribution in [0.3, 0.4) is 0 Å². The number of primary amides is 1. The third-order valence-corrected chi connectivity index (χ3v) is 3.64. The number of hydrogen-bond acceptors (Lipinski definition) is 2. The molecule has 0 saturated carbocycles. The molecule has 0 aromatic heterocycles. The van der Waals surface area contributed by atoms with Gasteiger partial charge in [-0.05, 0) is 37.5 Å². The third kappa shape index (κ3) is 3.67. The van der Waals surface area contributed by atoms with Gasteiger partial charge in [0.25, 0.3) is 0 Å². The first-order valence-electron chi connectivity index (χ1n) is 6.62. The van der Waals surface area contributed by atoms with E-state index in [2.05, 4.69) is 5.32 Å². The first-order valence-corrected chi connectivity index (χ1v) is 6.62. The summed E-state index contributed by atoms with van der Waals surface area (Å²) in [4.78, 5) is 12.7. The standard InChI is InChI=1S/C14H20FN3O/c1-10(11-3-2-4-12(15)9-11)17-13-5-7-18(8-6-13)14(16)19/h2-4,9-10,13,17H,5-8H2,1H3,(H2,16,19). The number of nitrogens with two attached hydrogens (primary N) is 1. The molecule has 1 aliphatic rings. The summed E-state index contributed by atoms with van der Waals surface area (Å²) in [5, 5.41) is 3.48. The fraction of sp³-hybridized carbons (Fsp3) is 0.500. The molecule has 104 valence electrons. The number of nitrogens with one attached hydrogen (secondary N) is 1. The van der Waals surface area contributed by atoms with Crippen molar-refractivity contribution in [3.8, 4) is 0 Å². The van der Waals surface area contributed by atoms with E-state index in [4.69, 9.17) is 5.73 Å². The van der Waals surface area contributed by atoms with Crippen molar-refractivity contribution in [3.63, 3.8) is 0 Å². The van der Waals surface area contributed by atoms with Crippen molar-refractivity contribution in [2.45, 2.75) is 31.8 Å². The molecular formula is C14H20FN3O. The molecule has 2 amide bonds. The first kappa shape index (κ1) is 13.8. The van der Waals surface area contributed by atoms with Crippen LogP contribution < -0.4 is 11.1 Å². The molecule has 1 aliphatic heterocycles. The SMILES string of the molecule is CC(NC1CCN(C(N)=O)CC1)c1cccc(F)c1. The second-order valence-electron chi connectivity index (χ2n) is 5.04. The summed E-state index contributed by atoms with van der Waals surface area (Å²) in [7, 11) is 0. The molecular weight excluding hydrogens is 245 g/mol. The summed E-state index contributed by atoms with van der Waals surface area (Å²) in [5.74, 6) is -0.213. The topological polar surface area (TPSA) is 58.4 Å². The Morgan fingerprint density at radius 2 is 2.16 bits per heavy atom. The molecule has 1 atom stereocenters. The van der Waals surface area contributed by atoms with Gasteiger partial charge in [-0.1, -0.05) is 12.1 Å². The average molecular weight is 265 g/mol. The highest BCUT2D eigenvalue weighted by Gasteiger charge is 2.22. The van der Waals surface area contributed by atoms with E-state index in [0.717, 1.165) is 18.4 Å². The summed E-state index contributed by atoms with van der Waals surface area (Å²) >= 11 is 0. The van der Waals surface area contributed by atoms with Gasteiger partial charge in [-0.25, -0.2) is 9.18 Å². The van der Waals surface area contributed by atoms with Crippen LogP contribution in [0, 0.1) is 5.82 Å². The fourth-order valence-electron chi connectivity index (χ4n) is 2.49. The molecule has 5 heteroatoms. The van der Waals surface area contributed by atoms with Crippen molar-refractivity contribution in [1.29, 1.82) is 0 Å². The molecule has 2 rings (SSSR count). The minimum atomic E-state index is -0.350. The maximum atomic E-state index is 13.2. The van der Waals surface area contributed by atoms with E-state index in [1.807, 2.05) is 13.0 Å². The van der Waals surface area contributed by atoms with Crippen LogP contribution in [0.1, 0.15) is 31.4 Å². The maximum absolute atomic E-state index is 13.2. The Hall–Kier alpha value is -1.62. The number of benzene rings is 1. The van der Waals surface area contributed by atoms with Gasteiger partial charge in [0.05, 0.1) is 0 Å². The predicted molar refractivity (Wildman–Crippen MR) is 72.1 cm³/mol. The molecule has 1 heterocycles. The molecule has 1 saturated heterocycles. The van der Waals surface area contributed by atoms with Crippen LogP contribution in [0.5, 0.6) is 0 Å². The van der Waals surface area contributed by atoms with Crippen LogP contribution in [-0.4, -0.2) is 30.1 Å². The zero-order valence-electron chi connectivity index (χ0n) is 11.1. The highest BCUT2D eigenvalue weighted by molar-refractivity contribution is 5.72. The van der Waals surface area contributed by atoms with Crippen LogP contribution in [-0.2, 0) is 0 Å². The van der Waals surface area contributed by atoms with Crippen molar-refractivity contribution in [2.75, 3.05) is 13.1 Å². The van der Waals surface area contributed by atoms with E-state index in [0.29, 0.717) is 19.1 Å². The largest absolute Gasteiger partial charge is 0.351 e. The summed E-state index contributed by atoms with van der Waals surface area (Å²) < 4.78 is 13.2. The molecule has 19 heavy (non-hydrogen) atoms. The van der Waals surface area contributed by atoms with Crippen molar-refractivity contribution in [3.05, 3.63) is 35.6 Å². The molecule has 1 unspecified atom stereocenters. The number of carbonyl (C=O) groups excluding carboxylic acids is 1. The molecule has 1 aromatic rings. The highest BCUT2D eigenvalue weighted by atomic mass is 19.1. The molecule has 3 N–H and O–H groups in total. The smallest absolute Gasteiger partial charge is 0.314 e. The minimum absolute atomic E-state index is 0.0980. The monoisotopic (exact) mass is 265 g/mol. The van der Waals surface area contributed by atoms with Crippen molar-refractivity contribution >= 4 is 6.03 Å². The lowest BCUT2D eigenvalue weighted by molar-refractivity contribution is 0.183. The number of halogens is 1. The number of hydrogen-bond donors (Lipinski definition) is 2. The second-order valence-corrected chi connectivity index (χ2v) is 5.04. The fourth-order valence-corrected chi connectivity index (χ4v) is 2.49. The lowest BCUT2D eigenvalue weighted by Gasteiger charge is -2.33. The zero-order valence-corrected chi connectivity index (χ0v) is 11.1. The van der Waals surface area contributed by atoms with Gasteiger partial charge in [-0.2, -0.15) is 0 Å². The molecule has 1 aromatic carbocycles. The van der Waals surface area contributed by atoms with Gasteiger partial charge < -0.3 is 16.0 Å². The van der Waals surface area contributed by atoms with Gasteiger partial charge in [0.1, 0.15) is 5.82 Å². The van der Waals surface area contributed by atoms with Gasteiger partial charge in [0, 0.05) is 25.2 Å². The number of piperidine rings is 1. The van der Waals surface area contributed by atoms with Crippen LogP contribution in [0.2, 0.25) is 0 Å². The Morgan fingerprint density at radius 3 is 2.74 bits per heavy atom. The Morgan fingerprint density at radius 1 is 1.47 bits per heavy atom. The quantitative estimate of drug-likeness (QED) is 0.878. The van der Waals surface area contributed by atoms with Crippen molar-refractivity contribution in [2.24, 2.45) is 5.73 Å². The third-order valence-electron chi connectivity index (χ3n) is 3.64. The van der Waals surface area contributed by atoms with Crippen molar-refractivity contribution in [1.82, 2.24) is 10.2 Å². The molecule has 4 nitrogen and oxygen atoms in total. The van der Waals surface area contributed by atoms with Crippen LogP contribution in [0.25, 0.3) is 0 Å². The maximum Gasteiger partial charge on any atom is 0.314 e. The molecule has 0 spiro atoms. The molecule has 0 radical (unpaired) electrons. The molecule has 0 aliphatic carbocycles. The van der Waals surface area contributed by atoms with Crippen LogP contribution in [0.4, 0.5) is 9.18 Å². The minimum Gasteiger partial charge on any atom is -0.351 e. The number of urea groups is 1. The molecule has 0 bridgehead atoms. The number of carbonyl (C=O) groups is 1. The lowest BCUT2D eigenvalue weighted by atomic mass is 10.0. The second kappa shape index (κ2) is 6.02. The van der Waals surface area contributed by atoms with Crippen LogP contribution in [0.15, 0.2) is 24.3 Å². The number of amides is 2.